The third-order valence-electron chi connectivity index (χ3n) is 9.97. The molecule has 6 aromatic carbocycles. The Hall–Kier alpha value is -7.05. The van der Waals surface area contributed by atoms with Crippen LogP contribution in [0.25, 0.3) is 67.0 Å². The zero-order chi connectivity index (χ0) is 37.5. The van der Waals surface area contributed by atoms with E-state index in [1.165, 1.54) is 0 Å². The second-order valence-corrected chi connectivity index (χ2v) is 14.7. The molecule has 9 aromatic rings. The number of aromatic hydroxyl groups is 1. The lowest BCUT2D eigenvalue weighted by Crippen LogP contribution is -2.13. The van der Waals surface area contributed by atoms with E-state index in [1.807, 2.05) is 91.1 Å². The lowest BCUT2D eigenvalue weighted by atomic mass is 9.83. The van der Waals surface area contributed by atoms with Crippen molar-refractivity contribution in [3.8, 4) is 50.6 Å². The van der Waals surface area contributed by atoms with Gasteiger partial charge in [0.15, 0.2) is 11.4 Å². The van der Waals surface area contributed by atoms with Crippen molar-refractivity contribution < 1.29 is 9.52 Å². The minimum atomic E-state index is -0.349. The van der Waals surface area contributed by atoms with E-state index >= 15 is 0 Å². The number of hydrogen-bond donors (Lipinski definition) is 1. The van der Waals surface area contributed by atoms with Gasteiger partial charge >= 0.3 is 0 Å². The predicted octanol–water partition coefficient (Wildman–Crippen LogP) is 12.9. The first-order valence-electron chi connectivity index (χ1n) is 18.4. The van der Waals surface area contributed by atoms with Gasteiger partial charge in [0.05, 0.1) is 11.3 Å². The Morgan fingerprint density at radius 1 is 0.582 bits per heavy atom. The maximum atomic E-state index is 12.0. The fraction of sp³-hybridized carbons (Fsp3) is 0.0816. The van der Waals surface area contributed by atoms with E-state index in [1.54, 1.807) is 0 Å². The zero-order valence-corrected chi connectivity index (χ0v) is 30.8. The first-order chi connectivity index (χ1) is 26.8. The molecule has 0 saturated heterocycles. The van der Waals surface area contributed by atoms with Crippen LogP contribution in [0.15, 0.2) is 174 Å². The van der Waals surface area contributed by atoms with Crippen LogP contribution in [0.2, 0.25) is 0 Å². The Kier molecular flexibility index (Phi) is 8.43. The summed E-state index contributed by atoms with van der Waals surface area (Å²) in [5, 5.41) is 12.9. The summed E-state index contributed by atoms with van der Waals surface area (Å²) in [6.45, 7) is 6.32. The van der Waals surface area contributed by atoms with Crippen LogP contribution in [0.3, 0.4) is 0 Å². The Bertz CT molecular complexity index is 2810. The molecule has 0 bridgehead atoms. The highest BCUT2D eigenvalue weighted by Crippen LogP contribution is 2.45. The highest BCUT2D eigenvalue weighted by molar-refractivity contribution is 6.07. The Morgan fingerprint density at radius 3 is 2.04 bits per heavy atom. The molecule has 6 nitrogen and oxygen atoms in total. The second kappa shape index (κ2) is 13.7. The van der Waals surface area contributed by atoms with Crippen molar-refractivity contribution in [1.29, 1.82) is 0 Å². The van der Waals surface area contributed by atoms with E-state index in [4.69, 9.17) is 19.4 Å². The molecule has 9 rings (SSSR count). The van der Waals surface area contributed by atoms with Crippen molar-refractivity contribution >= 4 is 39.3 Å². The summed E-state index contributed by atoms with van der Waals surface area (Å²) in [5.74, 6) is 1.35. The molecule has 3 aromatic heterocycles. The number of nitrogens with zero attached hydrogens (tertiary/aromatic N) is 4. The lowest BCUT2D eigenvalue weighted by Gasteiger charge is -2.27. The Balaban J connectivity index is 1.29. The summed E-state index contributed by atoms with van der Waals surface area (Å²) in [5.41, 5.74) is 10.5. The summed E-state index contributed by atoms with van der Waals surface area (Å²) in [6, 6.07) is 55.2. The van der Waals surface area contributed by atoms with Crippen LogP contribution in [-0.2, 0) is 5.41 Å². The SMILES string of the molecule is CC(C)(C)c1cc(-c2ccccc2)cc(-c2nc(-c3cccc(N(c4ccccn4)c4ccccc4-c4ccccc4)c3)c3oc4ccccc4c3n2)c1O. The number of benzene rings is 6. The molecule has 0 radical (unpaired) electrons. The number of anilines is 3. The first-order valence-corrected chi connectivity index (χ1v) is 18.4. The monoisotopic (exact) mass is 714 g/mol. The predicted molar refractivity (Wildman–Crippen MR) is 224 cm³/mol. The average Bonchev–Trinajstić information content (AvgIpc) is 3.60. The van der Waals surface area contributed by atoms with E-state index in [-0.39, 0.29) is 11.2 Å². The minimum absolute atomic E-state index is 0.165. The van der Waals surface area contributed by atoms with Gasteiger partial charge in [-0.2, -0.15) is 0 Å². The van der Waals surface area contributed by atoms with Crippen LogP contribution in [0, 0.1) is 0 Å². The first kappa shape index (κ1) is 33.8. The van der Waals surface area contributed by atoms with Crippen molar-refractivity contribution in [2.75, 3.05) is 4.90 Å². The standard InChI is InChI=1S/C49H38N4O2/c1-49(2,3)40-31-35(32-17-6-4-7-18-32)30-39(46(40)54)48-51-44(47-45(52-48)38-24-11-13-26-42(38)55-47)34-21-16-22-36(29-34)53(43-27-14-15-28-50-43)41-25-12-10-23-37(41)33-19-8-5-9-20-33/h4-31,54H,1-3H3. The molecule has 0 unspecified atom stereocenters. The van der Waals surface area contributed by atoms with Crippen LogP contribution in [-0.4, -0.2) is 20.1 Å². The van der Waals surface area contributed by atoms with Gasteiger partial charge in [0.2, 0.25) is 0 Å². The quantitative estimate of drug-likeness (QED) is 0.177. The van der Waals surface area contributed by atoms with Gasteiger partial charge in [-0.15, -0.1) is 0 Å². The average molecular weight is 715 g/mol. The fourth-order valence-electron chi connectivity index (χ4n) is 7.28. The van der Waals surface area contributed by atoms with Gasteiger partial charge in [0.1, 0.15) is 28.4 Å². The lowest BCUT2D eigenvalue weighted by molar-refractivity contribution is 0.448. The van der Waals surface area contributed by atoms with Gasteiger partial charge in [0.25, 0.3) is 0 Å². The molecule has 3 heterocycles. The van der Waals surface area contributed by atoms with Gasteiger partial charge in [-0.25, -0.2) is 15.0 Å². The van der Waals surface area contributed by atoms with Crippen molar-refractivity contribution in [1.82, 2.24) is 15.0 Å². The number of aromatic nitrogens is 3. The van der Waals surface area contributed by atoms with Crippen LogP contribution < -0.4 is 4.90 Å². The largest absolute Gasteiger partial charge is 0.507 e. The van der Waals surface area contributed by atoms with E-state index in [0.717, 1.165) is 56.0 Å². The topological polar surface area (TPSA) is 75.3 Å². The number of furan rings is 1. The van der Waals surface area contributed by atoms with E-state index < -0.39 is 0 Å². The Morgan fingerprint density at radius 2 is 1.27 bits per heavy atom. The summed E-state index contributed by atoms with van der Waals surface area (Å²) >= 11 is 0. The second-order valence-electron chi connectivity index (χ2n) is 14.7. The minimum Gasteiger partial charge on any atom is -0.507 e. The molecule has 0 saturated carbocycles. The molecule has 55 heavy (non-hydrogen) atoms. The number of phenolic OH excluding ortho intramolecular Hbond substituents is 1. The third-order valence-corrected chi connectivity index (χ3v) is 9.97. The summed E-state index contributed by atoms with van der Waals surface area (Å²) in [4.78, 5) is 17.4. The fourth-order valence-corrected chi connectivity index (χ4v) is 7.28. The normalized spacial score (nSPS) is 11.6. The number of hydrogen-bond acceptors (Lipinski definition) is 6. The number of phenols is 1. The van der Waals surface area contributed by atoms with Gasteiger partial charge in [-0.1, -0.05) is 130 Å². The molecular formula is C49H38N4O2. The van der Waals surface area contributed by atoms with Crippen molar-refractivity contribution in [2.24, 2.45) is 0 Å². The summed E-state index contributed by atoms with van der Waals surface area (Å²) in [6.07, 6.45) is 1.81. The molecule has 266 valence electrons. The molecular weight excluding hydrogens is 677 g/mol. The molecule has 0 fully saturated rings. The molecule has 1 N–H and O–H groups in total. The van der Waals surface area contributed by atoms with E-state index in [9.17, 15) is 5.11 Å². The smallest absolute Gasteiger partial charge is 0.180 e. The van der Waals surface area contributed by atoms with Crippen molar-refractivity contribution in [3.05, 3.63) is 176 Å². The molecule has 0 atom stereocenters. The molecule has 0 aliphatic heterocycles. The van der Waals surface area contributed by atoms with Gasteiger partial charge in [0, 0.05) is 34.0 Å². The van der Waals surface area contributed by atoms with Gasteiger partial charge < -0.3 is 9.52 Å². The van der Waals surface area contributed by atoms with Crippen LogP contribution >= 0.6 is 0 Å². The summed E-state index contributed by atoms with van der Waals surface area (Å²) < 4.78 is 6.56. The number of rotatable bonds is 7. The van der Waals surface area contributed by atoms with Gasteiger partial charge in [-0.05, 0) is 76.7 Å². The van der Waals surface area contributed by atoms with Crippen LogP contribution in [0.5, 0.6) is 5.75 Å². The third kappa shape index (κ3) is 6.28. The van der Waals surface area contributed by atoms with Crippen LogP contribution in [0.4, 0.5) is 17.2 Å². The van der Waals surface area contributed by atoms with E-state index in [0.29, 0.717) is 33.8 Å². The molecule has 6 heteroatoms. The number of fused-ring (bicyclic) bond motifs is 3. The molecule has 0 spiro atoms. The van der Waals surface area contributed by atoms with Crippen LogP contribution in [0.1, 0.15) is 26.3 Å². The highest BCUT2D eigenvalue weighted by Gasteiger charge is 2.26. The van der Waals surface area contributed by atoms with Crippen molar-refractivity contribution in [3.63, 3.8) is 0 Å². The highest BCUT2D eigenvalue weighted by atomic mass is 16.3. The molecule has 0 aliphatic carbocycles. The molecule has 0 amide bonds. The number of para-hydroxylation sites is 2. The Labute approximate surface area is 320 Å². The maximum absolute atomic E-state index is 12.0. The zero-order valence-electron chi connectivity index (χ0n) is 30.8. The molecule has 0 aliphatic rings. The van der Waals surface area contributed by atoms with Crippen molar-refractivity contribution in [2.45, 2.75) is 26.2 Å². The maximum Gasteiger partial charge on any atom is 0.180 e. The van der Waals surface area contributed by atoms with Gasteiger partial charge in [-0.3, -0.25) is 4.90 Å². The summed E-state index contributed by atoms with van der Waals surface area (Å²) in [7, 11) is 0. The number of pyridine rings is 1. The van der Waals surface area contributed by atoms with E-state index in [2.05, 4.69) is 105 Å².